The van der Waals surface area contributed by atoms with Crippen molar-refractivity contribution in [3.63, 3.8) is 0 Å². The van der Waals surface area contributed by atoms with E-state index in [2.05, 4.69) is 10.4 Å². The monoisotopic (exact) mass is 413 g/mol. The van der Waals surface area contributed by atoms with Gasteiger partial charge in [-0.3, -0.25) is 9.59 Å². The van der Waals surface area contributed by atoms with Crippen molar-refractivity contribution in [1.29, 1.82) is 0 Å². The molecule has 0 fully saturated rings. The third-order valence-corrected chi connectivity index (χ3v) is 4.80. The summed E-state index contributed by atoms with van der Waals surface area (Å²) in [4.78, 5) is 24.0. The number of aryl methyl sites for hydroxylation is 1. The number of amides is 1. The van der Waals surface area contributed by atoms with Gasteiger partial charge in [0.25, 0.3) is 5.91 Å². The first-order valence-corrected chi connectivity index (χ1v) is 9.42. The third kappa shape index (κ3) is 4.75. The van der Waals surface area contributed by atoms with Gasteiger partial charge in [0.2, 0.25) is 5.88 Å². The third-order valence-electron chi connectivity index (χ3n) is 4.48. The zero-order valence-electron chi connectivity index (χ0n) is 15.7. The van der Waals surface area contributed by atoms with Crippen molar-refractivity contribution < 1.29 is 19.8 Å². The lowest BCUT2D eigenvalue weighted by atomic mass is 10.0. The van der Waals surface area contributed by atoms with Gasteiger partial charge in [0.05, 0.1) is 23.2 Å². The van der Waals surface area contributed by atoms with Gasteiger partial charge in [0, 0.05) is 6.07 Å². The van der Waals surface area contributed by atoms with Gasteiger partial charge in [0.15, 0.2) is 5.69 Å². The van der Waals surface area contributed by atoms with Crippen LogP contribution in [0, 0.1) is 0 Å². The van der Waals surface area contributed by atoms with Crippen LogP contribution in [-0.2, 0) is 11.2 Å². The second-order valence-corrected chi connectivity index (χ2v) is 6.88. The van der Waals surface area contributed by atoms with Crippen LogP contribution in [0.1, 0.15) is 41.0 Å². The summed E-state index contributed by atoms with van der Waals surface area (Å²) in [5.74, 6) is -1.90. The van der Waals surface area contributed by atoms with Crippen molar-refractivity contribution in [2.45, 2.75) is 25.8 Å². The number of carboxylic acid groups (broad SMARTS) is 1. The number of rotatable bonds is 7. The largest absolute Gasteiger partial charge is 0.493 e. The molecule has 0 saturated carbocycles. The molecule has 0 aliphatic heterocycles. The summed E-state index contributed by atoms with van der Waals surface area (Å²) < 4.78 is 1.15. The number of carbonyl (C=O) groups is 2. The molecule has 7 nitrogen and oxygen atoms in total. The minimum absolute atomic E-state index is 0.0528. The zero-order chi connectivity index (χ0) is 21.0. The fourth-order valence-corrected chi connectivity index (χ4v) is 3.14. The molecule has 0 radical (unpaired) electrons. The van der Waals surface area contributed by atoms with Crippen molar-refractivity contribution in [3.05, 3.63) is 76.4 Å². The van der Waals surface area contributed by atoms with E-state index in [0.29, 0.717) is 16.3 Å². The summed E-state index contributed by atoms with van der Waals surface area (Å²) in [6, 6.07) is 14.6. The second kappa shape index (κ2) is 8.79. The molecule has 3 rings (SSSR count). The van der Waals surface area contributed by atoms with Gasteiger partial charge in [0.1, 0.15) is 0 Å². The number of benzene rings is 2. The predicted molar refractivity (Wildman–Crippen MR) is 109 cm³/mol. The lowest BCUT2D eigenvalue weighted by molar-refractivity contribution is -0.137. The van der Waals surface area contributed by atoms with Crippen LogP contribution in [0.25, 0.3) is 5.69 Å². The summed E-state index contributed by atoms with van der Waals surface area (Å²) in [6.07, 6.45) is 0.573. The van der Waals surface area contributed by atoms with E-state index in [1.165, 1.54) is 6.07 Å². The number of halogens is 1. The molecule has 1 atom stereocenters. The smallest absolute Gasteiger partial charge is 0.305 e. The van der Waals surface area contributed by atoms with Gasteiger partial charge in [-0.15, -0.1) is 0 Å². The Morgan fingerprint density at radius 1 is 1.17 bits per heavy atom. The van der Waals surface area contributed by atoms with Crippen LogP contribution in [0.2, 0.25) is 5.02 Å². The van der Waals surface area contributed by atoms with Gasteiger partial charge in [-0.25, -0.2) is 0 Å². The number of hydrogen-bond acceptors (Lipinski definition) is 4. The Hall–Kier alpha value is -3.32. The van der Waals surface area contributed by atoms with E-state index in [1.54, 1.807) is 36.4 Å². The molecule has 3 N–H and O–H groups in total. The first kappa shape index (κ1) is 20.4. The Labute approximate surface area is 172 Å². The summed E-state index contributed by atoms with van der Waals surface area (Å²) in [6.45, 7) is 2.02. The van der Waals surface area contributed by atoms with E-state index in [9.17, 15) is 19.8 Å². The Morgan fingerprint density at radius 3 is 2.48 bits per heavy atom. The van der Waals surface area contributed by atoms with E-state index in [4.69, 9.17) is 11.6 Å². The van der Waals surface area contributed by atoms with E-state index in [-0.39, 0.29) is 18.0 Å². The molecule has 0 bridgehead atoms. The maximum atomic E-state index is 12.7. The Morgan fingerprint density at radius 2 is 1.86 bits per heavy atom. The summed E-state index contributed by atoms with van der Waals surface area (Å²) in [7, 11) is 0. The molecule has 1 unspecified atom stereocenters. The number of nitrogens with one attached hydrogen (secondary N) is 1. The van der Waals surface area contributed by atoms with Crippen molar-refractivity contribution >= 4 is 23.5 Å². The average molecular weight is 414 g/mol. The number of aromatic hydroxyl groups is 1. The molecule has 3 aromatic rings. The number of hydrogen-bond donors (Lipinski definition) is 3. The lowest BCUT2D eigenvalue weighted by Crippen LogP contribution is -2.30. The molecule has 0 aliphatic carbocycles. The molecule has 1 aromatic heterocycles. The van der Waals surface area contributed by atoms with Crippen LogP contribution in [0.3, 0.4) is 0 Å². The minimum atomic E-state index is -1.04. The fourth-order valence-electron chi connectivity index (χ4n) is 2.93. The summed E-state index contributed by atoms with van der Waals surface area (Å²) in [5.41, 5.74) is 2.15. The van der Waals surface area contributed by atoms with Crippen LogP contribution >= 0.6 is 11.6 Å². The van der Waals surface area contributed by atoms with Gasteiger partial charge in [-0.05, 0) is 29.7 Å². The number of aromatic nitrogens is 2. The highest BCUT2D eigenvalue weighted by Crippen LogP contribution is 2.25. The highest BCUT2D eigenvalue weighted by Gasteiger charge is 2.22. The normalized spacial score (nSPS) is 11.8. The van der Waals surface area contributed by atoms with Crippen LogP contribution in [0.15, 0.2) is 54.6 Å². The highest BCUT2D eigenvalue weighted by atomic mass is 35.5. The molecule has 0 spiro atoms. The number of aliphatic carboxylic acids is 1. The number of carbonyl (C=O) groups excluding carboxylic acids is 1. The van der Waals surface area contributed by atoms with Crippen LogP contribution in [-0.4, -0.2) is 31.9 Å². The van der Waals surface area contributed by atoms with Crippen LogP contribution in [0.4, 0.5) is 0 Å². The lowest BCUT2D eigenvalue weighted by Gasteiger charge is -2.17. The Balaban J connectivity index is 1.85. The topological polar surface area (TPSA) is 104 Å². The molecule has 29 heavy (non-hydrogen) atoms. The first-order chi connectivity index (χ1) is 13.9. The molecule has 1 amide bonds. The molecule has 0 aliphatic rings. The number of carboxylic acids is 1. The van der Waals surface area contributed by atoms with Gasteiger partial charge >= 0.3 is 5.97 Å². The number of para-hydroxylation sites is 1. The molecule has 150 valence electrons. The number of nitrogens with zero attached hydrogens (tertiary/aromatic N) is 2. The van der Waals surface area contributed by atoms with Gasteiger partial charge in [-0.2, -0.15) is 9.78 Å². The molecule has 2 aromatic carbocycles. The summed E-state index contributed by atoms with van der Waals surface area (Å²) in [5, 5.41) is 26.6. The molecular formula is C21H20ClN3O4. The fraction of sp³-hybridized carbons (Fsp3) is 0.190. The van der Waals surface area contributed by atoms with E-state index < -0.39 is 17.9 Å². The first-order valence-electron chi connectivity index (χ1n) is 9.04. The molecule has 1 heterocycles. The van der Waals surface area contributed by atoms with E-state index in [1.807, 2.05) is 19.1 Å². The minimum Gasteiger partial charge on any atom is -0.493 e. The maximum absolute atomic E-state index is 12.7. The van der Waals surface area contributed by atoms with Gasteiger partial charge in [-0.1, -0.05) is 54.9 Å². The predicted octanol–water partition coefficient (Wildman–Crippen LogP) is 3.74. The maximum Gasteiger partial charge on any atom is 0.305 e. The van der Waals surface area contributed by atoms with Crippen molar-refractivity contribution in [1.82, 2.24) is 15.1 Å². The van der Waals surface area contributed by atoms with Gasteiger partial charge < -0.3 is 15.5 Å². The average Bonchev–Trinajstić information content (AvgIpc) is 3.09. The Bertz CT molecular complexity index is 1030. The molecule has 0 saturated heterocycles. The zero-order valence-corrected chi connectivity index (χ0v) is 16.4. The SMILES string of the molecule is CCc1ccc(C(CC(=O)O)NC(=O)c2cc(O)n(-c3ccccc3Cl)n2)cc1. The quantitative estimate of drug-likeness (QED) is 0.547. The highest BCUT2D eigenvalue weighted by molar-refractivity contribution is 6.32. The van der Waals surface area contributed by atoms with Crippen molar-refractivity contribution in [2.75, 3.05) is 0 Å². The molecular weight excluding hydrogens is 394 g/mol. The van der Waals surface area contributed by atoms with Crippen molar-refractivity contribution in [2.24, 2.45) is 0 Å². The Kier molecular flexibility index (Phi) is 6.19. The molecule has 8 heteroatoms. The van der Waals surface area contributed by atoms with E-state index >= 15 is 0 Å². The standard InChI is InChI=1S/C21H20ClN3O4/c1-2-13-7-9-14(10-8-13)16(12-20(27)28)23-21(29)17-11-19(26)25(24-17)18-6-4-3-5-15(18)22/h3-11,16,26H,2,12H2,1H3,(H,23,29)(H,27,28). The van der Waals surface area contributed by atoms with Crippen LogP contribution in [0.5, 0.6) is 5.88 Å². The summed E-state index contributed by atoms with van der Waals surface area (Å²) >= 11 is 6.13. The van der Waals surface area contributed by atoms with E-state index in [0.717, 1.165) is 16.7 Å². The van der Waals surface area contributed by atoms with Crippen molar-refractivity contribution in [3.8, 4) is 11.6 Å². The second-order valence-electron chi connectivity index (χ2n) is 6.47. The van der Waals surface area contributed by atoms with Crippen LogP contribution < -0.4 is 5.32 Å².